The minimum Gasteiger partial charge on any atom is -0.424 e. The van der Waals surface area contributed by atoms with Crippen LogP contribution in [0, 0.1) is 27.7 Å². The molecule has 2 aromatic carbocycles. The number of carbonyl (C=O) groups is 2. The summed E-state index contributed by atoms with van der Waals surface area (Å²) < 4.78 is 14.0. The number of rotatable bonds is 8. The van der Waals surface area contributed by atoms with E-state index >= 15 is 0 Å². The Bertz CT molecular complexity index is 1320. The van der Waals surface area contributed by atoms with E-state index in [-0.39, 0.29) is 0 Å². The van der Waals surface area contributed by atoms with E-state index in [0.717, 1.165) is 47.0 Å². The molecule has 0 aliphatic carbocycles. The third kappa shape index (κ3) is 5.18. The summed E-state index contributed by atoms with van der Waals surface area (Å²) in [4.78, 5) is 24.8. The summed E-state index contributed by atoms with van der Waals surface area (Å²) in [6.07, 6.45) is 1.82. The number of hydrogen-bond donors (Lipinski definition) is 0. The van der Waals surface area contributed by atoms with Gasteiger partial charge in [0.15, 0.2) is 0 Å². The van der Waals surface area contributed by atoms with Gasteiger partial charge in [0.2, 0.25) is 6.79 Å². The van der Waals surface area contributed by atoms with Gasteiger partial charge in [-0.15, -0.1) is 0 Å². The smallest absolute Gasteiger partial charge is 0.341 e. The lowest BCUT2D eigenvalue weighted by molar-refractivity contribution is -0.0167. The molecule has 4 aromatic rings. The normalized spacial score (nSPS) is 11.0. The minimum absolute atomic E-state index is 0.359. The lowest BCUT2D eigenvalue weighted by Gasteiger charge is -2.09. The molecule has 0 bridgehead atoms. The molecular formula is C29H32N4O4. The third-order valence-electron chi connectivity index (χ3n) is 6.66. The first kappa shape index (κ1) is 25.9. The lowest BCUT2D eigenvalue weighted by atomic mass is 10.1. The molecule has 0 fully saturated rings. The monoisotopic (exact) mass is 500 g/mol. The fraction of sp³-hybridized carbons (Fsp3) is 0.310. The van der Waals surface area contributed by atoms with Crippen LogP contribution in [0.15, 0.2) is 48.5 Å². The zero-order chi connectivity index (χ0) is 26.7. The van der Waals surface area contributed by atoms with Crippen LogP contribution in [0.4, 0.5) is 0 Å². The number of benzene rings is 2. The molecule has 8 heteroatoms. The maximum atomic E-state index is 12.4. The molecule has 0 unspecified atom stereocenters. The molecule has 0 amide bonds. The molecular weight excluding hydrogens is 468 g/mol. The van der Waals surface area contributed by atoms with Gasteiger partial charge in [-0.2, -0.15) is 10.2 Å². The molecule has 2 aromatic heterocycles. The summed E-state index contributed by atoms with van der Waals surface area (Å²) in [6, 6.07) is 13.9. The topological polar surface area (TPSA) is 88.2 Å². The van der Waals surface area contributed by atoms with Crippen LogP contribution < -0.4 is 0 Å². The maximum Gasteiger partial charge on any atom is 0.341 e. The van der Waals surface area contributed by atoms with Crippen molar-refractivity contribution in [2.75, 3.05) is 6.79 Å². The van der Waals surface area contributed by atoms with Crippen molar-refractivity contribution in [2.24, 2.45) is 0 Å². The standard InChI is InChI=1S/C29H32N4O4/c1-7-26-18(3)30-32(20(26)5)24-13-9-22(10-14-24)28(34)36-17-37-29(35)23-11-15-25(16-12-23)33-21(6)27(8-2)19(4)31-33/h9-16H,7-8,17H2,1-6H3. The Balaban J connectivity index is 1.33. The molecule has 0 aliphatic heterocycles. The van der Waals surface area contributed by atoms with Gasteiger partial charge in [-0.05, 0) is 100 Å². The van der Waals surface area contributed by atoms with Crippen molar-refractivity contribution in [1.82, 2.24) is 19.6 Å². The molecule has 4 rings (SSSR count). The highest BCUT2D eigenvalue weighted by Crippen LogP contribution is 2.20. The molecule has 37 heavy (non-hydrogen) atoms. The number of nitrogens with zero attached hydrogens (tertiary/aromatic N) is 4. The van der Waals surface area contributed by atoms with Crippen molar-refractivity contribution in [1.29, 1.82) is 0 Å². The second-order valence-electron chi connectivity index (χ2n) is 8.90. The van der Waals surface area contributed by atoms with Gasteiger partial charge in [0.1, 0.15) is 0 Å². The summed E-state index contributed by atoms with van der Waals surface area (Å²) in [5, 5.41) is 9.19. The summed E-state index contributed by atoms with van der Waals surface area (Å²) in [5.41, 5.74) is 9.03. The summed E-state index contributed by atoms with van der Waals surface area (Å²) in [6.45, 7) is 11.8. The molecule has 0 radical (unpaired) electrons. The van der Waals surface area contributed by atoms with Gasteiger partial charge in [-0.1, -0.05) is 13.8 Å². The van der Waals surface area contributed by atoms with Crippen molar-refractivity contribution in [3.63, 3.8) is 0 Å². The maximum absolute atomic E-state index is 12.4. The summed E-state index contributed by atoms with van der Waals surface area (Å²) in [7, 11) is 0. The lowest BCUT2D eigenvalue weighted by Crippen LogP contribution is -2.13. The van der Waals surface area contributed by atoms with Crippen molar-refractivity contribution in [3.8, 4) is 11.4 Å². The average molecular weight is 501 g/mol. The largest absolute Gasteiger partial charge is 0.424 e. The molecule has 8 nitrogen and oxygen atoms in total. The Morgan fingerprint density at radius 3 is 1.30 bits per heavy atom. The van der Waals surface area contributed by atoms with Gasteiger partial charge in [-0.25, -0.2) is 19.0 Å². The first-order chi connectivity index (χ1) is 17.7. The van der Waals surface area contributed by atoms with E-state index in [1.807, 2.05) is 61.3 Å². The first-order valence-corrected chi connectivity index (χ1v) is 12.4. The molecule has 0 saturated carbocycles. The fourth-order valence-corrected chi connectivity index (χ4v) is 4.66. The zero-order valence-corrected chi connectivity index (χ0v) is 22.2. The van der Waals surface area contributed by atoms with E-state index in [1.54, 1.807) is 24.3 Å². The Labute approximate surface area is 216 Å². The molecule has 192 valence electrons. The van der Waals surface area contributed by atoms with E-state index in [4.69, 9.17) is 9.47 Å². The molecule has 0 aliphatic rings. The van der Waals surface area contributed by atoms with Gasteiger partial charge in [0, 0.05) is 11.4 Å². The van der Waals surface area contributed by atoms with Crippen molar-refractivity contribution in [2.45, 2.75) is 54.4 Å². The molecule has 0 atom stereocenters. The second kappa shape index (κ2) is 10.8. The number of carbonyl (C=O) groups excluding carboxylic acids is 2. The highest BCUT2D eigenvalue weighted by molar-refractivity contribution is 5.91. The third-order valence-corrected chi connectivity index (χ3v) is 6.66. The van der Waals surface area contributed by atoms with E-state index in [9.17, 15) is 9.59 Å². The van der Waals surface area contributed by atoms with E-state index in [1.165, 1.54) is 11.1 Å². The minimum atomic E-state index is -0.575. The van der Waals surface area contributed by atoms with Crippen LogP contribution in [-0.2, 0) is 22.3 Å². The summed E-state index contributed by atoms with van der Waals surface area (Å²) >= 11 is 0. The predicted molar refractivity (Wildman–Crippen MR) is 141 cm³/mol. The van der Waals surface area contributed by atoms with E-state index in [2.05, 4.69) is 24.0 Å². The molecule has 2 heterocycles. The van der Waals surface area contributed by atoms with Crippen LogP contribution in [0.25, 0.3) is 11.4 Å². The van der Waals surface area contributed by atoms with Gasteiger partial charge >= 0.3 is 11.9 Å². The van der Waals surface area contributed by atoms with Gasteiger partial charge in [-0.3, -0.25) is 0 Å². The van der Waals surface area contributed by atoms with Crippen LogP contribution in [0.1, 0.15) is 68.5 Å². The number of aromatic nitrogens is 4. The highest BCUT2D eigenvalue weighted by atomic mass is 16.7. The zero-order valence-electron chi connectivity index (χ0n) is 22.2. The number of aryl methyl sites for hydroxylation is 2. The van der Waals surface area contributed by atoms with Gasteiger partial charge in [0.05, 0.1) is 33.9 Å². The van der Waals surface area contributed by atoms with Crippen LogP contribution >= 0.6 is 0 Å². The van der Waals surface area contributed by atoms with E-state index < -0.39 is 18.7 Å². The SMILES string of the molecule is CCc1c(C)nn(-c2ccc(C(=O)OCOC(=O)c3ccc(-n4nc(C)c(CC)c4C)cc3)cc2)c1C. The van der Waals surface area contributed by atoms with E-state index in [0.29, 0.717) is 11.1 Å². The first-order valence-electron chi connectivity index (χ1n) is 12.4. The molecule has 0 spiro atoms. The summed E-state index contributed by atoms with van der Waals surface area (Å²) in [5.74, 6) is -1.15. The highest BCUT2D eigenvalue weighted by Gasteiger charge is 2.15. The quantitative estimate of drug-likeness (QED) is 0.238. The number of hydrogen-bond acceptors (Lipinski definition) is 6. The predicted octanol–water partition coefficient (Wildman–Crippen LogP) is 5.39. The average Bonchev–Trinajstić information content (AvgIpc) is 3.36. The van der Waals surface area contributed by atoms with Crippen LogP contribution in [0.3, 0.4) is 0 Å². The van der Waals surface area contributed by atoms with Crippen LogP contribution in [0.5, 0.6) is 0 Å². The Morgan fingerprint density at radius 1 is 0.649 bits per heavy atom. The Kier molecular flexibility index (Phi) is 7.57. The second-order valence-corrected chi connectivity index (χ2v) is 8.90. The van der Waals surface area contributed by atoms with Crippen LogP contribution in [0.2, 0.25) is 0 Å². The number of ether oxygens (including phenoxy) is 2. The van der Waals surface area contributed by atoms with Gasteiger partial charge in [0.25, 0.3) is 0 Å². The van der Waals surface area contributed by atoms with Crippen molar-refractivity contribution >= 4 is 11.9 Å². The number of esters is 2. The van der Waals surface area contributed by atoms with Crippen LogP contribution in [-0.4, -0.2) is 38.3 Å². The van der Waals surface area contributed by atoms with Crippen molar-refractivity contribution in [3.05, 3.63) is 93.6 Å². The molecule has 0 N–H and O–H groups in total. The Morgan fingerprint density at radius 2 is 1.00 bits per heavy atom. The van der Waals surface area contributed by atoms with Gasteiger partial charge < -0.3 is 9.47 Å². The Hall–Kier alpha value is -4.20. The fourth-order valence-electron chi connectivity index (χ4n) is 4.66. The van der Waals surface area contributed by atoms with Crippen molar-refractivity contribution < 1.29 is 19.1 Å². The molecule has 0 saturated heterocycles.